The summed E-state index contributed by atoms with van der Waals surface area (Å²) in [4.78, 5) is 0. The van der Waals surface area contributed by atoms with Gasteiger partial charge in [-0.2, -0.15) is 4.57 Å². The average Bonchev–Trinajstić information content (AvgIpc) is 2.33. The summed E-state index contributed by atoms with van der Waals surface area (Å²) in [5.74, 6) is 1.12. The van der Waals surface area contributed by atoms with Crippen LogP contribution in [0.3, 0.4) is 0 Å². The molecule has 0 atom stereocenters. The first-order valence-corrected chi connectivity index (χ1v) is 6.53. The predicted octanol–water partition coefficient (Wildman–Crippen LogP) is 3.39. The molecule has 0 amide bonds. The van der Waals surface area contributed by atoms with Crippen LogP contribution in [0.2, 0.25) is 0 Å². The molecular weight excluding hydrogens is 214 g/mol. The number of pyridine rings is 1. The van der Waals surface area contributed by atoms with Gasteiger partial charge in [0, 0.05) is 23.6 Å². The quantitative estimate of drug-likeness (QED) is 0.731. The lowest BCUT2D eigenvalue weighted by Crippen LogP contribution is -2.32. The Morgan fingerprint density at radius 2 is 2.00 bits per heavy atom. The molecule has 0 radical (unpaired) electrons. The number of rotatable bonds is 3. The lowest BCUT2D eigenvalue weighted by atomic mass is 10.2. The Hall–Kier alpha value is -1.28. The number of aromatic nitrogens is 1. The summed E-state index contributed by atoms with van der Waals surface area (Å²) in [7, 11) is 2.11. The van der Waals surface area contributed by atoms with E-state index in [1.54, 1.807) is 0 Å². The van der Waals surface area contributed by atoms with Crippen LogP contribution < -0.4 is 4.57 Å². The lowest BCUT2D eigenvalue weighted by molar-refractivity contribution is -0.646. The maximum Gasteiger partial charge on any atom is 0.212 e. The van der Waals surface area contributed by atoms with E-state index in [0.717, 1.165) is 5.75 Å². The molecule has 0 saturated heterocycles. The molecule has 2 heteroatoms. The second-order valence-electron chi connectivity index (χ2n) is 3.63. The zero-order chi connectivity index (χ0) is 11.4. The summed E-state index contributed by atoms with van der Waals surface area (Å²) in [5, 5.41) is 3.44. The second kappa shape index (κ2) is 5.17. The summed E-state index contributed by atoms with van der Waals surface area (Å²) in [6, 6.07) is 12.8. The van der Waals surface area contributed by atoms with Crippen LogP contribution in [0.4, 0.5) is 0 Å². The predicted molar refractivity (Wildman–Crippen MR) is 72.3 cm³/mol. The molecule has 0 aliphatic carbocycles. The highest BCUT2D eigenvalue weighted by Crippen LogP contribution is 2.11. The van der Waals surface area contributed by atoms with Crippen LogP contribution in [-0.2, 0) is 7.05 Å². The van der Waals surface area contributed by atoms with Gasteiger partial charge in [-0.05, 0) is 23.3 Å². The summed E-state index contributed by atoms with van der Waals surface area (Å²) in [5.41, 5.74) is 2.51. The molecule has 1 nitrogen and oxygen atoms in total. The average molecular weight is 230 g/mol. The van der Waals surface area contributed by atoms with Crippen molar-refractivity contribution in [1.82, 2.24) is 0 Å². The fraction of sp³-hybridized carbons (Fsp3) is 0.214. The van der Waals surface area contributed by atoms with E-state index in [1.807, 2.05) is 11.8 Å². The van der Waals surface area contributed by atoms with Crippen LogP contribution in [0, 0.1) is 0 Å². The topological polar surface area (TPSA) is 3.88 Å². The van der Waals surface area contributed by atoms with Crippen molar-refractivity contribution in [3.05, 3.63) is 47.5 Å². The van der Waals surface area contributed by atoms with E-state index in [1.165, 1.54) is 16.6 Å². The maximum absolute atomic E-state index is 2.22. The molecule has 82 valence electrons. The molecule has 1 heterocycles. The van der Waals surface area contributed by atoms with Crippen LogP contribution in [0.1, 0.15) is 12.6 Å². The molecular formula is C14H16NS+. The van der Waals surface area contributed by atoms with E-state index in [4.69, 9.17) is 0 Å². The van der Waals surface area contributed by atoms with Gasteiger partial charge in [0.2, 0.25) is 11.2 Å². The van der Waals surface area contributed by atoms with Crippen molar-refractivity contribution in [1.29, 1.82) is 0 Å². The lowest BCUT2D eigenvalue weighted by Gasteiger charge is -1.99. The molecule has 0 saturated carbocycles. The smallest absolute Gasteiger partial charge is 0.195 e. The molecule has 0 unspecified atom stereocenters. The molecule has 16 heavy (non-hydrogen) atoms. The summed E-state index contributed by atoms with van der Waals surface area (Å²) in [6.07, 6.45) is 2.17. The third-order valence-electron chi connectivity index (χ3n) is 2.62. The number of aryl methyl sites for hydroxylation is 1. The third-order valence-corrected chi connectivity index (χ3v) is 3.28. The molecule has 0 aliphatic rings. The minimum absolute atomic E-state index is 1.12. The fourth-order valence-corrected chi connectivity index (χ4v) is 2.17. The van der Waals surface area contributed by atoms with Crippen LogP contribution in [-0.4, -0.2) is 5.75 Å². The van der Waals surface area contributed by atoms with Crippen molar-refractivity contribution in [3.63, 3.8) is 0 Å². The Balaban J connectivity index is 2.44. The minimum atomic E-state index is 1.12. The van der Waals surface area contributed by atoms with Gasteiger partial charge in [-0.1, -0.05) is 19.1 Å². The molecule has 1 aromatic heterocycles. The van der Waals surface area contributed by atoms with Crippen molar-refractivity contribution in [2.45, 2.75) is 6.92 Å². The first-order chi connectivity index (χ1) is 7.83. The summed E-state index contributed by atoms with van der Waals surface area (Å²) >= 11 is 1.82. The minimum Gasteiger partial charge on any atom is -0.195 e. The van der Waals surface area contributed by atoms with Gasteiger partial charge in [0.15, 0.2) is 0 Å². The van der Waals surface area contributed by atoms with E-state index in [2.05, 4.69) is 66.4 Å². The molecule has 0 spiro atoms. The van der Waals surface area contributed by atoms with Crippen molar-refractivity contribution >= 4 is 28.7 Å². The van der Waals surface area contributed by atoms with Gasteiger partial charge in [-0.3, -0.25) is 0 Å². The van der Waals surface area contributed by atoms with E-state index in [9.17, 15) is 0 Å². The van der Waals surface area contributed by atoms with Crippen LogP contribution in [0.5, 0.6) is 0 Å². The van der Waals surface area contributed by atoms with E-state index in [-0.39, 0.29) is 0 Å². The van der Waals surface area contributed by atoms with Gasteiger partial charge < -0.3 is 0 Å². The molecule has 0 aliphatic heterocycles. The first-order valence-electron chi connectivity index (χ1n) is 5.49. The molecule has 0 bridgehead atoms. The number of thioether (sulfide) groups is 1. The van der Waals surface area contributed by atoms with Gasteiger partial charge >= 0.3 is 0 Å². The van der Waals surface area contributed by atoms with Crippen LogP contribution in [0.15, 0.2) is 41.8 Å². The van der Waals surface area contributed by atoms with Crippen molar-refractivity contribution in [2.75, 3.05) is 5.75 Å². The SMILES string of the molecule is CCSC=Cc1ccc2ccccc2[n+]1C. The zero-order valence-electron chi connectivity index (χ0n) is 9.68. The number of hydrogen-bond acceptors (Lipinski definition) is 1. The van der Waals surface area contributed by atoms with Gasteiger partial charge in [-0.25, -0.2) is 0 Å². The highest BCUT2D eigenvalue weighted by atomic mass is 32.2. The molecule has 0 N–H and O–H groups in total. The number of benzene rings is 1. The van der Waals surface area contributed by atoms with Crippen molar-refractivity contribution in [2.24, 2.45) is 7.05 Å². The number of para-hydroxylation sites is 1. The van der Waals surface area contributed by atoms with Crippen molar-refractivity contribution < 1.29 is 4.57 Å². The van der Waals surface area contributed by atoms with E-state index >= 15 is 0 Å². The molecule has 2 rings (SSSR count). The van der Waals surface area contributed by atoms with Crippen molar-refractivity contribution in [3.8, 4) is 0 Å². The Morgan fingerprint density at radius 3 is 2.81 bits per heavy atom. The summed E-state index contributed by atoms with van der Waals surface area (Å²) < 4.78 is 2.22. The highest BCUT2D eigenvalue weighted by molar-refractivity contribution is 8.02. The van der Waals surface area contributed by atoms with Gasteiger partial charge in [0.05, 0.1) is 0 Å². The Labute approximate surface area is 101 Å². The monoisotopic (exact) mass is 230 g/mol. The van der Waals surface area contributed by atoms with Crippen LogP contribution in [0.25, 0.3) is 17.0 Å². The first kappa shape index (κ1) is 11.2. The van der Waals surface area contributed by atoms with Gasteiger partial charge in [0.1, 0.15) is 7.05 Å². The van der Waals surface area contributed by atoms with E-state index in [0.29, 0.717) is 0 Å². The Kier molecular flexibility index (Phi) is 3.62. The number of fused-ring (bicyclic) bond motifs is 1. The highest BCUT2D eigenvalue weighted by Gasteiger charge is 2.07. The number of nitrogens with zero attached hydrogens (tertiary/aromatic N) is 1. The molecule has 2 aromatic rings. The Morgan fingerprint density at radius 1 is 1.19 bits per heavy atom. The standard InChI is InChI=1S/C14H16NS/c1-3-16-11-10-13-9-8-12-6-4-5-7-14(12)15(13)2/h4-11H,3H2,1-2H3/q+1. The van der Waals surface area contributed by atoms with E-state index < -0.39 is 0 Å². The van der Waals surface area contributed by atoms with Gasteiger partial charge in [0.25, 0.3) is 0 Å². The van der Waals surface area contributed by atoms with Crippen LogP contribution >= 0.6 is 11.8 Å². The Bertz CT molecular complexity index is 517. The zero-order valence-corrected chi connectivity index (χ0v) is 10.5. The summed E-state index contributed by atoms with van der Waals surface area (Å²) in [6.45, 7) is 2.16. The fourth-order valence-electron chi connectivity index (χ4n) is 1.74. The molecule has 0 fully saturated rings. The molecule has 1 aromatic carbocycles. The normalized spacial score (nSPS) is 11.4. The van der Waals surface area contributed by atoms with Gasteiger partial charge in [-0.15, -0.1) is 11.8 Å². The largest absolute Gasteiger partial charge is 0.212 e. The second-order valence-corrected chi connectivity index (χ2v) is 4.82. The number of hydrogen-bond donors (Lipinski definition) is 0. The third kappa shape index (κ3) is 2.27. The maximum atomic E-state index is 2.22.